The zero-order valence-corrected chi connectivity index (χ0v) is 16.5. The van der Waals surface area contributed by atoms with Crippen LogP contribution in [0.25, 0.3) is 0 Å². The molecule has 0 bridgehead atoms. The first-order chi connectivity index (χ1) is 13.0. The molecule has 1 unspecified atom stereocenters. The number of primary amides is 1. The number of rotatable bonds is 5. The molecule has 8 nitrogen and oxygen atoms in total. The van der Waals surface area contributed by atoms with E-state index in [9.17, 15) is 9.59 Å². The summed E-state index contributed by atoms with van der Waals surface area (Å²) in [5.41, 5.74) is 6.20. The standard InChI is InChI=1S/C19H32N6O2/c1-3-15(16-21-13-14(2)22-16)23-18(27)24-11-7-19(8-12-24,17(20)26)25-9-5-4-6-10-25/h13,15H,3-12H2,1-2H3,(H2,20,26)(H,21,22)(H,23,27). The fourth-order valence-corrected chi connectivity index (χ4v) is 4.33. The van der Waals surface area contributed by atoms with Gasteiger partial charge in [0.2, 0.25) is 5.91 Å². The number of likely N-dealkylation sites (tertiary alicyclic amines) is 2. The number of amides is 3. The molecule has 4 N–H and O–H groups in total. The number of aromatic nitrogens is 2. The lowest BCUT2D eigenvalue weighted by Crippen LogP contribution is -2.64. The van der Waals surface area contributed by atoms with Gasteiger partial charge >= 0.3 is 6.03 Å². The van der Waals surface area contributed by atoms with Crippen molar-refractivity contribution >= 4 is 11.9 Å². The highest BCUT2D eigenvalue weighted by molar-refractivity contribution is 5.85. The quantitative estimate of drug-likeness (QED) is 0.727. The van der Waals surface area contributed by atoms with Gasteiger partial charge in [-0.05, 0) is 52.1 Å². The van der Waals surface area contributed by atoms with Gasteiger partial charge in [-0.3, -0.25) is 9.69 Å². The Hall–Kier alpha value is -2.09. The van der Waals surface area contributed by atoms with Crippen LogP contribution in [-0.4, -0.2) is 63.4 Å². The number of imidazole rings is 1. The maximum absolute atomic E-state index is 12.7. The van der Waals surface area contributed by atoms with Gasteiger partial charge in [0.15, 0.2) is 0 Å². The van der Waals surface area contributed by atoms with Crippen molar-refractivity contribution in [2.45, 2.75) is 64.0 Å². The molecule has 2 fully saturated rings. The van der Waals surface area contributed by atoms with Crippen LogP contribution in [-0.2, 0) is 4.79 Å². The van der Waals surface area contributed by atoms with Crippen LogP contribution in [0.15, 0.2) is 6.20 Å². The molecule has 3 heterocycles. The predicted octanol–water partition coefficient (Wildman–Crippen LogP) is 1.68. The van der Waals surface area contributed by atoms with E-state index in [4.69, 9.17) is 5.73 Å². The third-order valence-electron chi connectivity index (χ3n) is 6.06. The second-order valence-corrected chi connectivity index (χ2v) is 7.79. The summed E-state index contributed by atoms with van der Waals surface area (Å²) in [6.45, 7) is 6.89. The monoisotopic (exact) mass is 376 g/mol. The molecule has 27 heavy (non-hydrogen) atoms. The lowest BCUT2D eigenvalue weighted by Gasteiger charge is -2.48. The van der Waals surface area contributed by atoms with Crippen LogP contribution >= 0.6 is 0 Å². The van der Waals surface area contributed by atoms with Crippen LogP contribution in [0.1, 0.15) is 63.0 Å². The Bertz CT molecular complexity index is 659. The molecule has 0 radical (unpaired) electrons. The molecule has 2 aliphatic heterocycles. The summed E-state index contributed by atoms with van der Waals surface area (Å²) in [6.07, 6.45) is 7.17. The number of hydrogen-bond donors (Lipinski definition) is 3. The number of urea groups is 1. The van der Waals surface area contributed by atoms with Crippen molar-refractivity contribution in [3.63, 3.8) is 0 Å². The van der Waals surface area contributed by atoms with E-state index in [-0.39, 0.29) is 18.0 Å². The number of aryl methyl sites for hydroxylation is 1. The molecule has 0 spiro atoms. The highest BCUT2D eigenvalue weighted by atomic mass is 16.2. The van der Waals surface area contributed by atoms with Crippen molar-refractivity contribution in [2.75, 3.05) is 26.2 Å². The zero-order valence-electron chi connectivity index (χ0n) is 16.5. The van der Waals surface area contributed by atoms with Crippen LogP contribution in [0.3, 0.4) is 0 Å². The molecule has 0 saturated carbocycles. The minimum Gasteiger partial charge on any atom is -0.368 e. The van der Waals surface area contributed by atoms with Gasteiger partial charge in [-0.1, -0.05) is 13.3 Å². The number of piperidine rings is 2. The van der Waals surface area contributed by atoms with Crippen LogP contribution in [0, 0.1) is 6.92 Å². The Balaban J connectivity index is 1.61. The molecular weight excluding hydrogens is 344 g/mol. The number of hydrogen-bond acceptors (Lipinski definition) is 4. The van der Waals surface area contributed by atoms with Crippen molar-refractivity contribution in [2.24, 2.45) is 5.73 Å². The number of carbonyl (C=O) groups excluding carboxylic acids is 2. The smallest absolute Gasteiger partial charge is 0.317 e. The third-order valence-corrected chi connectivity index (χ3v) is 6.06. The molecule has 3 amide bonds. The number of aromatic amines is 1. The minimum atomic E-state index is -0.598. The molecule has 0 aromatic carbocycles. The number of H-pyrrole nitrogens is 1. The second-order valence-electron chi connectivity index (χ2n) is 7.79. The fourth-order valence-electron chi connectivity index (χ4n) is 4.33. The van der Waals surface area contributed by atoms with E-state index >= 15 is 0 Å². The van der Waals surface area contributed by atoms with E-state index in [0.29, 0.717) is 25.9 Å². The van der Waals surface area contributed by atoms with Gasteiger partial charge in [0, 0.05) is 25.0 Å². The van der Waals surface area contributed by atoms with Gasteiger partial charge < -0.3 is 20.9 Å². The first kappa shape index (κ1) is 19.7. The van der Waals surface area contributed by atoms with Gasteiger partial charge in [-0.2, -0.15) is 0 Å². The average Bonchev–Trinajstić information content (AvgIpc) is 3.12. The van der Waals surface area contributed by atoms with Gasteiger partial charge in [0.25, 0.3) is 0 Å². The van der Waals surface area contributed by atoms with Gasteiger partial charge in [0.05, 0.1) is 6.04 Å². The maximum atomic E-state index is 12.7. The lowest BCUT2D eigenvalue weighted by molar-refractivity contribution is -0.134. The van der Waals surface area contributed by atoms with Crippen molar-refractivity contribution < 1.29 is 9.59 Å². The Morgan fingerprint density at radius 2 is 1.93 bits per heavy atom. The molecule has 2 aliphatic rings. The molecule has 1 atom stereocenters. The normalized spacial score (nSPS) is 21.6. The molecule has 2 saturated heterocycles. The van der Waals surface area contributed by atoms with E-state index in [2.05, 4.69) is 20.2 Å². The Morgan fingerprint density at radius 3 is 2.44 bits per heavy atom. The fraction of sp³-hybridized carbons (Fsp3) is 0.737. The largest absolute Gasteiger partial charge is 0.368 e. The van der Waals surface area contributed by atoms with Crippen LogP contribution in [0.4, 0.5) is 4.79 Å². The van der Waals surface area contributed by atoms with Crippen LogP contribution < -0.4 is 11.1 Å². The van der Waals surface area contributed by atoms with E-state index in [1.54, 1.807) is 11.1 Å². The molecular formula is C19H32N6O2. The summed E-state index contributed by atoms with van der Waals surface area (Å²) in [5.74, 6) is 0.530. The van der Waals surface area contributed by atoms with E-state index < -0.39 is 5.54 Å². The van der Waals surface area contributed by atoms with Gasteiger partial charge in [-0.15, -0.1) is 0 Å². The van der Waals surface area contributed by atoms with Crippen molar-refractivity contribution in [3.05, 3.63) is 17.7 Å². The van der Waals surface area contributed by atoms with Gasteiger partial charge in [-0.25, -0.2) is 9.78 Å². The SMILES string of the molecule is CCC(NC(=O)N1CCC(C(N)=O)(N2CCCCC2)CC1)c1ncc(C)[nH]1. The van der Waals surface area contributed by atoms with E-state index in [1.807, 2.05) is 13.8 Å². The highest BCUT2D eigenvalue weighted by Crippen LogP contribution is 2.31. The summed E-state index contributed by atoms with van der Waals surface area (Å²) >= 11 is 0. The summed E-state index contributed by atoms with van der Waals surface area (Å²) in [7, 11) is 0. The van der Waals surface area contributed by atoms with Crippen molar-refractivity contribution in [1.82, 2.24) is 25.1 Å². The second kappa shape index (κ2) is 8.29. The Morgan fingerprint density at radius 1 is 1.26 bits per heavy atom. The molecule has 0 aliphatic carbocycles. The summed E-state index contributed by atoms with van der Waals surface area (Å²) in [4.78, 5) is 36.6. The average molecular weight is 377 g/mol. The van der Waals surface area contributed by atoms with Gasteiger partial charge in [0.1, 0.15) is 11.4 Å². The Labute approximate surface area is 160 Å². The number of nitrogens with two attached hydrogens (primary N) is 1. The van der Waals surface area contributed by atoms with Crippen LogP contribution in [0.5, 0.6) is 0 Å². The molecule has 3 rings (SSSR count). The third kappa shape index (κ3) is 4.10. The number of nitrogens with one attached hydrogen (secondary N) is 2. The zero-order chi connectivity index (χ0) is 19.4. The summed E-state index contributed by atoms with van der Waals surface area (Å²) in [5, 5.41) is 3.07. The van der Waals surface area contributed by atoms with Crippen molar-refractivity contribution in [1.29, 1.82) is 0 Å². The van der Waals surface area contributed by atoms with Crippen molar-refractivity contribution in [3.8, 4) is 0 Å². The number of carbonyl (C=O) groups is 2. The van der Waals surface area contributed by atoms with E-state index in [1.165, 1.54) is 6.42 Å². The van der Waals surface area contributed by atoms with E-state index in [0.717, 1.165) is 43.9 Å². The summed E-state index contributed by atoms with van der Waals surface area (Å²) < 4.78 is 0. The van der Waals surface area contributed by atoms with Crippen LogP contribution in [0.2, 0.25) is 0 Å². The predicted molar refractivity (Wildman–Crippen MR) is 103 cm³/mol. The minimum absolute atomic E-state index is 0.104. The highest BCUT2D eigenvalue weighted by Gasteiger charge is 2.45. The first-order valence-corrected chi connectivity index (χ1v) is 10.1. The molecule has 1 aromatic rings. The molecule has 1 aromatic heterocycles. The maximum Gasteiger partial charge on any atom is 0.317 e. The Kier molecular flexibility index (Phi) is 6.04. The number of nitrogens with zero attached hydrogens (tertiary/aromatic N) is 3. The first-order valence-electron chi connectivity index (χ1n) is 10.1. The topological polar surface area (TPSA) is 107 Å². The molecule has 150 valence electrons. The lowest BCUT2D eigenvalue weighted by atomic mass is 9.83. The molecule has 8 heteroatoms. The summed E-state index contributed by atoms with van der Waals surface area (Å²) in [6, 6.07) is -0.247.